The van der Waals surface area contributed by atoms with Crippen LogP contribution in [0, 0.1) is 5.92 Å². The highest BCUT2D eigenvalue weighted by atomic mass is 32.1. The Balaban J connectivity index is 1.59. The molecule has 7 heteroatoms. The van der Waals surface area contributed by atoms with Crippen molar-refractivity contribution in [2.45, 2.75) is 52.5 Å². The third-order valence-electron chi connectivity index (χ3n) is 4.65. The number of benzene rings is 1. The van der Waals surface area contributed by atoms with Gasteiger partial charge < -0.3 is 10.6 Å². The van der Waals surface area contributed by atoms with E-state index >= 15 is 0 Å². The van der Waals surface area contributed by atoms with E-state index in [1.54, 1.807) is 11.3 Å². The lowest BCUT2D eigenvalue weighted by molar-refractivity contribution is -0.122. The van der Waals surface area contributed by atoms with Gasteiger partial charge >= 0.3 is 0 Å². The highest BCUT2D eigenvalue weighted by Crippen LogP contribution is 2.28. The minimum Gasteiger partial charge on any atom is -0.348 e. The molecule has 154 valence electrons. The maximum Gasteiger partial charge on any atom is 0.226 e. The van der Waals surface area contributed by atoms with Gasteiger partial charge in [-0.15, -0.1) is 11.3 Å². The van der Waals surface area contributed by atoms with E-state index in [1.807, 2.05) is 30.5 Å². The number of rotatable bonds is 9. The van der Waals surface area contributed by atoms with E-state index in [-0.39, 0.29) is 17.9 Å². The average molecular weight is 430 g/mol. The second kappa shape index (κ2) is 9.98. The lowest BCUT2D eigenvalue weighted by atomic mass is 10.0. The van der Waals surface area contributed by atoms with Crippen molar-refractivity contribution in [1.82, 2.24) is 10.3 Å². The Morgan fingerprint density at radius 1 is 1.14 bits per heavy atom. The van der Waals surface area contributed by atoms with Gasteiger partial charge in [0.05, 0.1) is 16.3 Å². The first kappa shape index (κ1) is 21.5. The SMILES string of the molecule is CCCC(=O)Nc1nc2ccc(CCC(=O)NC(c3cccs3)C(C)C)cc2s1. The number of aromatic nitrogens is 1. The molecule has 1 unspecified atom stereocenters. The van der Waals surface area contributed by atoms with Crippen LogP contribution in [-0.2, 0) is 16.0 Å². The van der Waals surface area contributed by atoms with Crippen molar-refractivity contribution in [3.8, 4) is 0 Å². The van der Waals surface area contributed by atoms with Gasteiger partial charge in [-0.05, 0) is 47.9 Å². The van der Waals surface area contributed by atoms with E-state index < -0.39 is 0 Å². The van der Waals surface area contributed by atoms with Crippen LogP contribution >= 0.6 is 22.7 Å². The molecule has 0 aliphatic rings. The molecule has 5 nitrogen and oxygen atoms in total. The molecule has 29 heavy (non-hydrogen) atoms. The Kier molecular flexibility index (Phi) is 7.39. The van der Waals surface area contributed by atoms with E-state index in [1.165, 1.54) is 16.2 Å². The summed E-state index contributed by atoms with van der Waals surface area (Å²) in [5.74, 6) is 0.399. The molecule has 2 aromatic heterocycles. The second-order valence-corrected chi connectivity index (χ2v) is 9.43. The normalized spacial score (nSPS) is 12.3. The quantitative estimate of drug-likeness (QED) is 0.469. The number of carbonyl (C=O) groups is 2. The summed E-state index contributed by atoms with van der Waals surface area (Å²) in [6.45, 7) is 6.22. The van der Waals surface area contributed by atoms with Gasteiger partial charge in [0.15, 0.2) is 5.13 Å². The van der Waals surface area contributed by atoms with Crippen molar-refractivity contribution >= 4 is 49.8 Å². The molecule has 1 aromatic carbocycles. The number of nitrogens with zero attached hydrogens (tertiary/aromatic N) is 1. The minimum absolute atomic E-state index is 0.00565. The fourth-order valence-corrected chi connectivity index (χ4v) is 5.02. The van der Waals surface area contributed by atoms with Crippen molar-refractivity contribution in [1.29, 1.82) is 0 Å². The predicted molar refractivity (Wildman–Crippen MR) is 122 cm³/mol. The first-order valence-corrected chi connectivity index (χ1v) is 11.7. The van der Waals surface area contributed by atoms with Crippen molar-refractivity contribution in [2.24, 2.45) is 5.92 Å². The van der Waals surface area contributed by atoms with Crippen LogP contribution in [0.5, 0.6) is 0 Å². The van der Waals surface area contributed by atoms with E-state index in [2.05, 4.69) is 41.6 Å². The van der Waals surface area contributed by atoms with Crippen molar-refractivity contribution in [3.05, 3.63) is 46.2 Å². The minimum atomic E-state index is -0.00565. The molecule has 0 spiro atoms. The molecule has 2 N–H and O–H groups in total. The number of fused-ring (bicyclic) bond motifs is 1. The van der Waals surface area contributed by atoms with E-state index in [0.717, 1.165) is 22.2 Å². The van der Waals surface area contributed by atoms with Crippen LogP contribution in [-0.4, -0.2) is 16.8 Å². The van der Waals surface area contributed by atoms with Crippen LogP contribution in [0.2, 0.25) is 0 Å². The van der Waals surface area contributed by atoms with Crippen LogP contribution in [0.1, 0.15) is 56.5 Å². The monoisotopic (exact) mass is 429 g/mol. The van der Waals surface area contributed by atoms with Crippen molar-refractivity contribution < 1.29 is 9.59 Å². The molecule has 3 rings (SSSR count). The van der Waals surface area contributed by atoms with Crippen LogP contribution in [0.3, 0.4) is 0 Å². The van der Waals surface area contributed by atoms with Crippen molar-refractivity contribution in [2.75, 3.05) is 5.32 Å². The number of hydrogen-bond acceptors (Lipinski definition) is 5. The molecule has 0 aliphatic heterocycles. The fraction of sp³-hybridized carbons (Fsp3) is 0.409. The van der Waals surface area contributed by atoms with E-state index in [9.17, 15) is 9.59 Å². The van der Waals surface area contributed by atoms with E-state index in [0.29, 0.717) is 30.3 Å². The van der Waals surface area contributed by atoms with Gasteiger partial charge in [-0.25, -0.2) is 4.98 Å². The summed E-state index contributed by atoms with van der Waals surface area (Å²) >= 11 is 3.15. The van der Waals surface area contributed by atoms with Gasteiger partial charge in [0.2, 0.25) is 11.8 Å². The number of anilines is 1. The summed E-state index contributed by atoms with van der Waals surface area (Å²) in [4.78, 5) is 29.9. The number of hydrogen-bond donors (Lipinski definition) is 2. The summed E-state index contributed by atoms with van der Waals surface area (Å²) in [6.07, 6.45) is 2.43. The third kappa shape index (κ3) is 5.87. The number of nitrogens with one attached hydrogen (secondary N) is 2. The average Bonchev–Trinajstić information content (AvgIpc) is 3.33. The standard InChI is InChI=1S/C22H27N3O2S2/c1-4-6-19(26)25-22-23-16-10-8-15(13-18(16)29-22)9-11-20(27)24-21(14(2)3)17-7-5-12-28-17/h5,7-8,10,12-14,21H,4,6,9,11H2,1-3H3,(H,24,27)(H,23,25,26). The van der Waals surface area contributed by atoms with Crippen LogP contribution in [0.25, 0.3) is 10.2 Å². The molecule has 0 bridgehead atoms. The van der Waals surface area contributed by atoms with Crippen molar-refractivity contribution in [3.63, 3.8) is 0 Å². The van der Waals surface area contributed by atoms with Gasteiger partial charge in [0, 0.05) is 17.7 Å². The topological polar surface area (TPSA) is 71.1 Å². The highest BCUT2D eigenvalue weighted by molar-refractivity contribution is 7.22. The fourth-order valence-electron chi connectivity index (χ4n) is 3.12. The lowest BCUT2D eigenvalue weighted by Gasteiger charge is -2.21. The van der Waals surface area contributed by atoms with Gasteiger partial charge in [-0.2, -0.15) is 0 Å². The molecule has 3 aromatic rings. The molecular formula is C22H27N3O2S2. The predicted octanol–water partition coefficient (Wildman–Crippen LogP) is 5.54. The Hall–Kier alpha value is -2.25. The number of thiophene rings is 1. The Morgan fingerprint density at radius 2 is 1.97 bits per heavy atom. The maximum absolute atomic E-state index is 12.5. The molecular weight excluding hydrogens is 402 g/mol. The van der Waals surface area contributed by atoms with E-state index in [4.69, 9.17) is 0 Å². The largest absolute Gasteiger partial charge is 0.348 e. The molecule has 0 saturated heterocycles. The summed E-state index contributed by atoms with van der Waals surface area (Å²) in [6, 6.07) is 10.2. The second-order valence-electron chi connectivity index (χ2n) is 7.42. The number of thiazole rings is 1. The number of carbonyl (C=O) groups excluding carboxylic acids is 2. The Bertz CT molecular complexity index is 964. The number of amides is 2. The lowest BCUT2D eigenvalue weighted by Crippen LogP contribution is -2.31. The summed E-state index contributed by atoms with van der Waals surface area (Å²) in [5, 5.41) is 8.70. The summed E-state index contributed by atoms with van der Waals surface area (Å²) in [7, 11) is 0. The smallest absolute Gasteiger partial charge is 0.226 e. The van der Waals surface area contributed by atoms with Gasteiger partial charge in [0.25, 0.3) is 0 Å². The Labute approximate surface area is 179 Å². The third-order valence-corrected chi connectivity index (χ3v) is 6.54. The highest BCUT2D eigenvalue weighted by Gasteiger charge is 2.19. The van der Waals surface area contributed by atoms with Gasteiger partial charge in [-0.3, -0.25) is 9.59 Å². The zero-order valence-electron chi connectivity index (χ0n) is 17.0. The first-order valence-electron chi connectivity index (χ1n) is 9.98. The number of aryl methyl sites for hydroxylation is 1. The molecule has 0 saturated carbocycles. The zero-order chi connectivity index (χ0) is 20.8. The van der Waals surface area contributed by atoms with Gasteiger partial charge in [0.1, 0.15) is 0 Å². The van der Waals surface area contributed by atoms with Crippen LogP contribution < -0.4 is 10.6 Å². The maximum atomic E-state index is 12.5. The summed E-state index contributed by atoms with van der Waals surface area (Å²) < 4.78 is 1.02. The van der Waals surface area contributed by atoms with Crippen LogP contribution in [0.15, 0.2) is 35.7 Å². The molecule has 1 atom stereocenters. The molecule has 2 amide bonds. The Morgan fingerprint density at radius 3 is 2.66 bits per heavy atom. The molecule has 0 aliphatic carbocycles. The molecule has 0 radical (unpaired) electrons. The molecule has 2 heterocycles. The zero-order valence-corrected chi connectivity index (χ0v) is 18.7. The molecule has 0 fully saturated rings. The first-order chi connectivity index (χ1) is 14.0. The summed E-state index contributed by atoms with van der Waals surface area (Å²) in [5.41, 5.74) is 1.97. The van der Waals surface area contributed by atoms with Crippen LogP contribution in [0.4, 0.5) is 5.13 Å². The van der Waals surface area contributed by atoms with Gasteiger partial charge in [-0.1, -0.05) is 44.2 Å².